The maximum Gasteiger partial charge on any atom is 0.245 e. The van der Waals surface area contributed by atoms with Crippen molar-refractivity contribution in [3.05, 3.63) is 131 Å². The zero-order valence-corrected chi connectivity index (χ0v) is 26.9. The number of para-hydroxylation sites is 1. The molecular weight excluding hydrogens is 658 g/mol. The number of piperazine rings is 1. The Labute approximate surface area is 280 Å². The van der Waals surface area contributed by atoms with Crippen molar-refractivity contribution in [2.45, 2.75) is 35.6 Å². The van der Waals surface area contributed by atoms with Crippen molar-refractivity contribution in [1.29, 1.82) is 0 Å². The molecule has 1 saturated heterocycles. The number of nitrogens with one attached hydrogen (secondary N) is 2. The number of sulfonamides is 1. The van der Waals surface area contributed by atoms with Crippen molar-refractivity contribution < 1.29 is 30.8 Å². The summed E-state index contributed by atoms with van der Waals surface area (Å²) in [6.45, 7) is 1.04. The largest absolute Gasteiger partial charge is 0.324 e. The number of aromatic nitrogens is 2. The van der Waals surface area contributed by atoms with Crippen molar-refractivity contribution >= 4 is 32.5 Å². The monoisotopic (exact) mass is 689 g/mol. The summed E-state index contributed by atoms with van der Waals surface area (Å²) in [5.41, 5.74) is 0.754. The predicted octanol–water partition coefficient (Wildman–Crippen LogP) is 5.94. The molecule has 7 rings (SSSR count). The molecule has 0 bridgehead atoms. The second-order valence-corrected chi connectivity index (χ2v) is 14.4. The summed E-state index contributed by atoms with van der Waals surface area (Å²) < 4.78 is 87.0. The van der Waals surface area contributed by atoms with Crippen LogP contribution in [0.3, 0.4) is 0 Å². The lowest BCUT2D eigenvalue weighted by Crippen LogP contribution is -2.56. The Morgan fingerprint density at radius 3 is 2.47 bits per heavy atom. The van der Waals surface area contributed by atoms with Gasteiger partial charge in [-0.3, -0.25) is 14.8 Å². The van der Waals surface area contributed by atoms with E-state index < -0.39 is 50.7 Å². The number of halogens is 4. The van der Waals surface area contributed by atoms with E-state index in [4.69, 9.17) is 0 Å². The molecule has 2 aromatic heterocycles. The normalized spacial score (nSPS) is 20.0. The van der Waals surface area contributed by atoms with E-state index in [1.165, 1.54) is 41.0 Å². The number of anilines is 1. The van der Waals surface area contributed by atoms with Gasteiger partial charge < -0.3 is 10.6 Å². The SMILES string of the molecule is O=C(C[C@@H](c1ccc(F)cc1)c1cc(F)cc(F)c1)Nc1cncc(F)c1C[C@@H]1C[C@]12CNCCN2S(=O)(=O)c1cnc2ccccc2c1. The molecule has 2 aliphatic rings. The van der Waals surface area contributed by atoms with Gasteiger partial charge in [-0.2, -0.15) is 4.31 Å². The molecule has 0 unspecified atom stereocenters. The van der Waals surface area contributed by atoms with Gasteiger partial charge in [-0.1, -0.05) is 30.3 Å². The van der Waals surface area contributed by atoms with E-state index in [-0.39, 0.29) is 47.0 Å². The number of rotatable bonds is 9. The van der Waals surface area contributed by atoms with Crippen LogP contribution in [-0.2, 0) is 21.2 Å². The van der Waals surface area contributed by atoms with E-state index in [1.807, 2.05) is 12.1 Å². The minimum atomic E-state index is -3.96. The first-order valence-electron chi connectivity index (χ1n) is 15.8. The van der Waals surface area contributed by atoms with Crippen LogP contribution in [0.2, 0.25) is 0 Å². The number of hydrogen-bond acceptors (Lipinski definition) is 6. The number of nitrogens with zero attached hydrogens (tertiary/aromatic N) is 3. The van der Waals surface area contributed by atoms with Gasteiger partial charge in [0.15, 0.2) is 0 Å². The van der Waals surface area contributed by atoms with Gasteiger partial charge in [-0.25, -0.2) is 26.0 Å². The molecule has 13 heteroatoms. The van der Waals surface area contributed by atoms with E-state index in [1.54, 1.807) is 18.2 Å². The molecule has 1 aliphatic carbocycles. The molecule has 5 aromatic rings. The highest BCUT2D eigenvalue weighted by molar-refractivity contribution is 7.89. The molecule has 1 amide bonds. The number of pyridine rings is 2. The van der Waals surface area contributed by atoms with Gasteiger partial charge in [0, 0.05) is 55.2 Å². The molecule has 3 aromatic carbocycles. The average Bonchev–Trinajstić information content (AvgIpc) is 3.75. The quantitative estimate of drug-likeness (QED) is 0.186. The molecule has 2 fully saturated rings. The van der Waals surface area contributed by atoms with Crippen molar-refractivity contribution in [3.8, 4) is 0 Å². The second kappa shape index (κ2) is 13.0. The third-order valence-electron chi connectivity index (χ3n) is 9.45. The Bertz CT molecular complexity index is 2150. The van der Waals surface area contributed by atoms with Crippen LogP contribution in [-0.4, -0.2) is 53.8 Å². The summed E-state index contributed by atoms with van der Waals surface area (Å²) in [6, 6.07) is 17.0. The number of fused-ring (bicyclic) bond motifs is 1. The molecule has 1 aliphatic heterocycles. The van der Waals surface area contributed by atoms with E-state index in [9.17, 15) is 26.4 Å². The van der Waals surface area contributed by atoms with Gasteiger partial charge in [0.1, 0.15) is 28.2 Å². The first-order valence-corrected chi connectivity index (χ1v) is 17.2. The second-order valence-electron chi connectivity index (χ2n) is 12.5. The number of benzene rings is 3. The van der Waals surface area contributed by atoms with Crippen molar-refractivity contribution in [2.75, 3.05) is 25.0 Å². The van der Waals surface area contributed by atoms with Crippen molar-refractivity contribution in [3.63, 3.8) is 0 Å². The van der Waals surface area contributed by atoms with Crippen LogP contribution in [0, 0.1) is 29.2 Å². The standard InChI is InChI=1S/C36H31F4N5O3S/c37-26-7-5-22(6-8-26)30(24-11-27(38)15-28(39)12-24)16-35(46)44-34-20-42-19-32(40)31(34)14-25-17-36(25)21-41-9-10-45(36)49(47,48)29-13-23-3-1-2-4-33(23)43-18-29/h1-8,11-13,15,18-20,25,30,41H,9-10,14,16-17,21H2,(H,44,46)/t25-,30+,36+/m1/s1. The van der Waals surface area contributed by atoms with Gasteiger partial charge >= 0.3 is 0 Å². The molecule has 1 spiro atoms. The number of carbonyl (C=O) groups excluding carboxylic acids is 1. The third-order valence-corrected chi connectivity index (χ3v) is 11.4. The van der Waals surface area contributed by atoms with Gasteiger partial charge in [0.25, 0.3) is 0 Å². The molecule has 3 heterocycles. The van der Waals surface area contributed by atoms with Gasteiger partial charge in [-0.05, 0) is 66.3 Å². The van der Waals surface area contributed by atoms with Crippen LogP contribution in [0.15, 0.2) is 96.3 Å². The lowest BCUT2D eigenvalue weighted by molar-refractivity contribution is -0.116. The number of hydrogen-bond donors (Lipinski definition) is 2. The van der Waals surface area contributed by atoms with Gasteiger partial charge in [-0.15, -0.1) is 0 Å². The zero-order chi connectivity index (χ0) is 34.3. The molecule has 2 N–H and O–H groups in total. The molecule has 1 saturated carbocycles. The summed E-state index contributed by atoms with van der Waals surface area (Å²) in [4.78, 5) is 21.8. The lowest BCUT2D eigenvalue weighted by atomic mass is 9.88. The van der Waals surface area contributed by atoms with Gasteiger partial charge in [0.2, 0.25) is 15.9 Å². The Morgan fingerprint density at radius 1 is 0.939 bits per heavy atom. The van der Waals surface area contributed by atoms with Crippen LogP contribution < -0.4 is 10.6 Å². The zero-order valence-electron chi connectivity index (χ0n) is 26.0. The molecule has 3 atom stereocenters. The summed E-state index contributed by atoms with van der Waals surface area (Å²) in [5.74, 6) is -4.56. The molecule has 49 heavy (non-hydrogen) atoms. The number of amides is 1. The maximum absolute atomic E-state index is 15.4. The van der Waals surface area contributed by atoms with Crippen LogP contribution in [0.5, 0.6) is 0 Å². The Hall–Kier alpha value is -4.72. The Morgan fingerprint density at radius 2 is 1.69 bits per heavy atom. The minimum Gasteiger partial charge on any atom is -0.324 e. The van der Waals surface area contributed by atoms with E-state index in [2.05, 4.69) is 20.6 Å². The third kappa shape index (κ3) is 6.53. The first-order chi connectivity index (χ1) is 23.5. The van der Waals surface area contributed by atoms with E-state index in [0.717, 1.165) is 18.3 Å². The molecule has 252 valence electrons. The fourth-order valence-electron chi connectivity index (χ4n) is 6.94. The predicted molar refractivity (Wildman–Crippen MR) is 175 cm³/mol. The van der Waals surface area contributed by atoms with Crippen molar-refractivity contribution in [2.24, 2.45) is 5.92 Å². The topological polar surface area (TPSA) is 104 Å². The van der Waals surface area contributed by atoms with Crippen LogP contribution in [0.4, 0.5) is 23.2 Å². The summed E-state index contributed by atoms with van der Waals surface area (Å²) >= 11 is 0. The Balaban J connectivity index is 1.13. The highest BCUT2D eigenvalue weighted by Gasteiger charge is 2.62. The maximum atomic E-state index is 15.4. The van der Waals surface area contributed by atoms with Gasteiger partial charge in [0.05, 0.1) is 29.1 Å². The average molecular weight is 690 g/mol. The van der Waals surface area contributed by atoms with Crippen LogP contribution in [0.25, 0.3) is 10.9 Å². The van der Waals surface area contributed by atoms with Crippen LogP contribution in [0.1, 0.15) is 35.4 Å². The van der Waals surface area contributed by atoms with E-state index >= 15 is 4.39 Å². The smallest absolute Gasteiger partial charge is 0.245 e. The summed E-state index contributed by atoms with van der Waals surface area (Å²) in [7, 11) is -3.96. The van der Waals surface area contributed by atoms with Crippen molar-refractivity contribution in [1.82, 2.24) is 19.6 Å². The molecule has 0 radical (unpaired) electrons. The minimum absolute atomic E-state index is 0.0788. The molecule has 8 nitrogen and oxygen atoms in total. The first kappa shape index (κ1) is 32.8. The van der Waals surface area contributed by atoms with E-state index in [0.29, 0.717) is 42.0 Å². The Kier molecular flexibility index (Phi) is 8.67. The van der Waals surface area contributed by atoms with Crippen LogP contribution >= 0.6 is 0 Å². The lowest BCUT2D eigenvalue weighted by Gasteiger charge is -2.37. The fraction of sp³-hybridized carbons (Fsp3) is 0.250. The molecular formula is C36H31F4N5O3S. The highest BCUT2D eigenvalue weighted by Crippen LogP contribution is 2.53. The summed E-state index contributed by atoms with van der Waals surface area (Å²) in [5, 5.41) is 6.70. The number of carbonyl (C=O) groups is 1. The highest BCUT2D eigenvalue weighted by atomic mass is 32.2. The summed E-state index contributed by atoms with van der Waals surface area (Å²) in [6.07, 6.45) is 3.99. The fourth-order valence-corrected chi connectivity index (χ4v) is 8.75.